The molecule has 2 aromatic rings. The predicted octanol–water partition coefficient (Wildman–Crippen LogP) is 2.46. The van der Waals surface area contributed by atoms with Crippen molar-refractivity contribution in [1.82, 2.24) is 9.88 Å². The van der Waals surface area contributed by atoms with Crippen molar-refractivity contribution in [1.29, 1.82) is 0 Å². The van der Waals surface area contributed by atoms with Gasteiger partial charge in [-0.2, -0.15) is 0 Å². The number of carbonyl (C=O) groups excluding carboxylic acids is 1. The van der Waals surface area contributed by atoms with Crippen LogP contribution in [0, 0.1) is 0 Å². The minimum Gasteiger partial charge on any atom is -0.343 e. The van der Waals surface area contributed by atoms with Gasteiger partial charge in [-0.25, -0.2) is 0 Å². The molecule has 1 heterocycles. The first-order chi connectivity index (χ1) is 10.00. The summed E-state index contributed by atoms with van der Waals surface area (Å²) in [5, 5.41) is 3.71. The van der Waals surface area contributed by atoms with Crippen molar-refractivity contribution in [3.05, 3.63) is 69.1 Å². The van der Waals surface area contributed by atoms with Crippen LogP contribution in [0.1, 0.15) is 28.8 Å². The molecule has 1 saturated carbocycles. The molecule has 1 aromatic carbocycles. The summed E-state index contributed by atoms with van der Waals surface area (Å²) in [5.41, 5.74) is 0.921. The molecule has 108 valence electrons. The predicted molar refractivity (Wildman–Crippen MR) is 81.5 cm³/mol. The lowest BCUT2D eigenvalue weighted by Crippen LogP contribution is -2.35. The Kier molecular flexibility index (Phi) is 3.33. The number of aromatic nitrogens is 1. The Morgan fingerprint density at radius 3 is 2.48 bits per heavy atom. The van der Waals surface area contributed by atoms with Gasteiger partial charge >= 0.3 is 0 Å². The lowest BCUT2D eigenvalue weighted by atomic mass is 10.0. The van der Waals surface area contributed by atoms with Crippen LogP contribution in [0.5, 0.6) is 0 Å². The number of benzene rings is 1. The average molecular weight is 303 g/mol. The smallest absolute Gasteiger partial charge is 0.252 e. The highest BCUT2D eigenvalue weighted by Gasteiger charge is 2.45. The molecule has 1 fully saturated rings. The van der Waals surface area contributed by atoms with Crippen LogP contribution in [-0.4, -0.2) is 10.5 Å². The van der Waals surface area contributed by atoms with E-state index in [1.54, 1.807) is 19.3 Å². The number of hydrogen-bond acceptors (Lipinski definition) is 2. The first-order valence-corrected chi connectivity index (χ1v) is 7.13. The zero-order valence-corrected chi connectivity index (χ0v) is 12.4. The molecule has 0 unspecified atom stereocenters. The Morgan fingerprint density at radius 1 is 1.24 bits per heavy atom. The van der Waals surface area contributed by atoms with Crippen molar-refractivity contribution in [2.75, 3.05) is 0 Å². The molecule has 21 heavy (non-hydrogen) atoms. The standard InChI is InChI=1S/C16H15ClN2O2/c1-19-9-6-11(10-14(19)20)15(21)18-16(7-8-16)12-2-4-13(17)5-3-12/h2-6,9-10H,7-8H2,1H3,(H,18,21). The van der Waals surface area contributed by atoms with Crippen molar-refractivity contribution in [2.24, 2.45) is 7.05 Å². The molecule has 1 amide bonds. The summed E-state index contributed by atoms with van der Waals surface area (Å²) in [6.45, 7) is 0. The van der Waals surface area contributed by atoms with Crippen molar-refractivity contribution in [3.63, 3.8) is 0 Å². The van der Waals surface area contributed by atoms with E-state index >= 15 is 0 Å². The SMILES string of the molecule is Cn1ccc(C(=O)NC2(c3ccc(Cl)cc3)CC2)cc1=O. The molecule has 4 nitrogen and oxygen atoms in total. The number of aryl methyl sites for hydroxylation is 1. The number of hydrogen-bond donors (Lipinski definition) is 1. The summed E-state index contributed by atoms with van der Waals surface area (Å²) in [4.78, 5) is 23.9. The molecule has 0 saturated heterocycles. The van der Waals surface area contributed by atoms with Gasteiger partial charge in [-0.05, 0) is 36.6 Å². The lowest BCUT2D eigenvalue weighted by Gasteiger charge is -2.18. The summed E-state index contributed by atoms with van der Waals surface area (Å²) < 4.78 is 1.43. The lowest BCUT2D eigenvalue weighted by molar-refractivity contribution is 0.0930. The molecule has 0 spiro atoms. The van der Waals surface area contributed by atoms with Crippen LogP contribution in [0.15, 0.2) is 47.4 Å². The number of pyridine rings is 1. The van der Waals surface area contributed by atoms with Gasteiger partial charge in [-0.15, -0.1) is 0 Å². The van der Waals surface area contributed by atoms with Gasteiger partial charge in [-0.1, -0.05) is 23.7 Å². The van der Waals surface area contributed by atoms with Gasteiger partial charge in [-0.3, -0.25) is 9.59 Å². The maximum atomic E-state index is 12.3. The maximum Gasteiger partial charge on any atom is 0.252 e. The fraction of sp³-hybridized carbons (Fsp3) is 0.250. The molecule has 0 bridgehead atoms. The number of amides is 1. The van der Waals surface area contributed by atoms with Crippen LogP contribution in [0.25, 0.3) is 0 Å². The topological polar surface area (TPSA) is 51.1 Å². The van der Waals surface area contributed by atoms with Crippen molar-refractivity contribution >= 4 is 17.5 Å². The number of nitrogens with zero attached hydrogens (tertiary/aromatic N) is 1. The summed E-state index contributed by atoms with van der Waals surface area (Å²) >= 11 is 5.89. The van der Waals surface area contributed by atoms with Gasteiger partial charge in [0.25, 0.3) is 11.5 Å². The number of nitrogens with one attached hydrogen (secondary N) is 1. The molecule has 0 aliphatic heterocycles. The second-order valence-electron chi connectivity index (χ2n) is 5.41. The normalized spacial score (nSPS) is 15.5. The summed E-state index contributed by atoms with van der Waals surface area (Å²) in [7, 11) is 1.65. The van der Waals surface area contributed by atoms with E-state index < -0.39 is 0 Å². The van der Waals surface area contributed by atoms with E-state index in [1.807, 2.05) is 24.3 Å². The van der Waals surface area contributed by atoms with E-state index in [-0.39, 0.29) is 17.0 Å². The number of rotatable bonds is 3. The van der Waals surface area contributed by atoms with Crippen LogP contribution >= 0.6 is 11.6 Å². The largest absolute Gasteiger partial charge is 0.343 e. The third kappa shape index (κ3) is 2.72. The molecule has 0 radical (unpaired) electrons. The molecule has 3 rings (SSSR count). The molecule has 1 aromatic heterocycles. The van der Waals surface area contributed by atoms with Gasteiger partial charge in [0.1, 0.15) is 0 Å². The molecule has 1 aliphatic carbocycles. The molecular weight excluding hydrogens is 288 g/mol. The fourth-order valence-electron chi connectivity index (χ4n) is 2.36. The van der Waals surface area contributed by atoms with E-state index in [9.17, 15) is 9.59 Å². The monoisotopic (exact) mass is 302 g/mol. The molecular formula is C16H15ClN2O2. The minimum atomic E-state index is -0.317. The first-order valence-electron chi connectivity index (χ1n) is 6.75. The maximum absolute atomic E-state index is 12.3. The van der Waals surface area contributed by atoms with Crippen molar-refractivity contribution in [3.8, 4) is 0 Å². The van der Waals surface area contributed by atoms with Crippen LogP contribution in [0.4, 0.5) is 0 Å². The minimum absolute atomic E-state index is 0.195. The van der Waals surface area contributed by atoms with Gasteiger partial charge in [0.15, 0.2) is 0 Å². The quantitative estimate of drug-likeness (QED) is 0.947. The molecule has 5 heteroatoms. The second-order valence-corrected chi connectivity index (χ2v) is 5.84. The highest BCUT2D eigenvalue weighted by Crippen LogP contribution is 2.45. The molecule has 1 N–H and O–H groups in total. The van der Waals surface area contributed by atoms with Crippen LogP contribution in [0.2, 0.25) is 5.02 Å². The Labute approximate surface area is 127 Å². The van der Waals surface area contributed by atoms with Crippen LogP contribution in [0.3, 0.4) is 0 Å². The Balaban J connectivity index is 1.82. The zero-order chi connectivity index (χ0) is 15.0. The van der Waals surface area contributed by atoms with Gasteiger partial charge in [0.05, 0.1) is 5.54 Å². The zero-order valence-electron chi connectivity index (χ0n) is 11.6. The highest BCUT2D eigenvalue weighted by atomic mass is 35.5. The third-order valence-corrected chi connectivity index (χ3v) is 4.12. The van der Waals surface area contributed by atoms with E-state index in [4.69, 9.17) is 11.6 Å². The first kappa shape index (κ1) is 13.9. The highest BCUT2D eigenvalue weighted by molar-refractivity contribution is 6.30. The van der Waals surface area contributed by atoms with E-state index in [0.717, 1.165) is 18.4 Å². The van der Waals surface area contributed by atoms with Crippen molar-refractivity contribution in [2.45, 2.75) is 18.4 Å². The Bertz CT molecular complexity index is 746. The number of carbonyl (C=O) groups is 1. The Hall–Kier alpha value is -2.07. The van der Waals surface area contributed by atoms with Gasteiger partial charge in [0, 0.05) is 29.9 Å². The number of halogens is 1. The van der Waals surface area contributed by atoms with Crippen LogP contribution in [-0.2, 0) is 12.6 Å². The summed E-state index contributed by atoms with van der Waals surface area (Å²) in [6, 6.07) is 10.5. The molecule has 1 aliphatic rings. The van der Waals surface area contributed by atoms with E-state index in [1.165, 1.54) is 10.6 Å². The average Bonchev–Trinajstić information content (AvgIpc) is 3.23. The van der Waals surface area contributed by atoms with Gasteiger partial charge < -0.3 is 9.88 Å². The van der Waals surface area contributed by atoms with E-state index in [2.05, 4.69) is 5.32 Å². The summed E-state index contributed by atoms with van der Waals surface area (Å²) in [5.74, 6) is -0.222. The summed E-state index contributed by atoms with van der Waals surface area (Å²) in [6.07, 6.45) is 3.38. The van der Waals surface area contributed by atoms with Crippen molar-refractivity contribution < 1.29 is 4.79 Å². The van der Waals surface area contributed by atoms with E-state index in [0.29, 0.717) is 10.6 Å². The van der Waals surface area contributed by atoms with Gasteiger partial charge in [0.2, 0.25) is 0 Å². The fourth-order valence-corrected chi connectivity index (χ4v) is 2.49. The third-order valence-electron chi connectivity index (χ3n) is 3.87. The molecule has 0 atom stereocenters. The van der Waals surface area contributed by atoms with Crippen LogP contribution < -0.4 is 10.9 Å². The second kappa shape index (κ2) is 5.04. The Morgan fingerprint density at radius 2 is 1.90 bits per heavy atom.